The highest BCUT2D eigenvalue weighted by atomic mass is 35.5. The molecular formula is C16H18ClN3O. The second kappa shape index (κ2) is 5.90. The maximum atomic E-state index is 11.5. The second-order valence-electron chi connectivity index (χ2n) is 5.47. The molecule has 0 unspecified atom stereocenters. The van der Waals surface area contributed by atoms with Gasteiger partial charge in [0.1, 0.15) is 0 Å². The molecular weight excluding hydrogens is 286 g/mol. The topological polar surface area (TPSA) is 45.2 Å². The number of fused-ring (bicyclic) bond motifs is 1. The molecule has 1 aliphatic rings. The van der Waals surface area contributed by atoms with E-state index in [-0.39, 0.29) is 11.9 Å². The zero-order valence-corrected chi connectivity index (χ0v) is 12.7. The van der Waals surface area contributed by atoms with Crippen LogP contribution in [0.15, 0.2) is 30.5 Å². The van der Waals surface area contributed by atoms with Gasteiger partial charge in [-0.05, 0) is 37.1 Å². The Balaban J connectivity index is 1.84. The summed E-state index contributed by atoms with van der Waals surface area (Å²) in [6.45, 7) is 3.24. The number of hydrogen-bond acceptors (Lipinski definition) is 3. The largest absolute Gasteiger partial charge is 0.380 e. The lowest BCUT2D eigenvalue weighted by molar-refractivity contribution is -0.129. The number of aromatic nitrogens is 1. The molecule has 4 nitrogen and oxygen atoms in total. The van der Waals surface area contributed by atoms with Crippen molar-refractivity contribution in [2.45, 2.75) is 25.8 Å². The van der Waals surface area contributed by atoms with Crippen LogP contribution in [0.5, 0.6) is 0 Å². The lowest BCUT2D eigenvalue weighted by Crippen LogP contribution is -2.44. The molecule has 3 rings (SSSR count). The lowest BCUT2D eigenvalue weighted by Gasteiger charge is -2.33. The van der Waals surface area contributed by atoms with E-state index < -0.39 is 0 Å². The van der Waals surface area contributed by atoms with Gasteiger partial charge in [0, 0.05) is 48.3 Å². The number of nitrogens with one attached hydrogen (secondary N) is 1. The highest BCUT2D eigenvalue weighted by Crippen LogP contribution is 2.26. The smallest absolute Gasteiger partial charge is 0.219 e. The fraction of sp³-hybridized carbons (Fsp3) is 0.375. The third-order valence-electron chi connectivity index (χ3n) is 3.93. The number of anilines is 1. The summed E-state index contributed by atoms with van der Waals surface area (Å²) in [5, 5.41) is 5.26. The predicted octanol–water partition coefficient (Wildman–Crippen LogP) is 3.31. The summed E-state index contributed by atoms with van der Waals surface area (Å²) in [4.78, 5) is 17.8. The minimum absolute atomic E-state index is 0.143. The predicted molar refractivity (Wildman–Crippen MR) is 85.7 cm³/mol. The number of pyridine rings is 1. The minimum atomic E-state index is 0.143. The molecule has 110 valence electrons. The first-order valence-corrected chi connectivity index (χ1v) is 7.57. The SMILES string of the molecule is CC(=O)N1CCC[C@@H](Nc2ccnc3ccc(Cl)cc23)C1. The number of carbonyl (C=O) groups is 1. The summed E-state index contributed by atoms with van der Waals surface area (Å²) < 4.78 is 0. The number of likely N-dealkylation sites (tertiary alicyclic amines) is 1. The standard InChI is InChI=1S/C16H18ClN3O/c1-11(21)20-8-2-3-13(10-20)19-16-6-7-18-15-5-4-12(17)9-14(15)16/h4-7,9,13H,2-3,8,10H2,1H3,(H,18,19)/t13-/m1/s1. The monoisotopic (exact) mass is 303 g/mol. The number of amides is 1. The second-order valence-corrected chi connectivity index (χ2v) is 5.90. The fourth-order valence-corrected chi connectivity index (χ4v) is 3.02. The van der Waals surface area contributed by atoms with Crippen molar-refractivity contribution in [2.24, 2.45) is 0 Å². The Morgan fingerprint density at radius 3 is 3.10 bits per heavy atom. The summed E-state index contributed by atoms with van der Waals surface area (Å²) in [5.74, 6) is 0.143. The summed E-state index contributed by atoms with van der Waals surface area (Å²) >= 11 is 6.09. The van der Waals surface area contributed by atoms with Crippen molar-refractivity contribution in [1.29, 1.82) is 0 Å². The van der Waals surface area contributed by atoms with E-state index >= 15 is 0 Å². The Labute approximate surface area is 129 Å². The molecule has 1 fully saturated rings. The van der Waals surface area contributed by atoms with Crippen molar-refractivity contribution in [3.63, 3.8) is 0 Å². The van der Waals surface area contributed by atoms with E-state index in [0.717, 1.165) is 42.5 Å². The molecule has 0 bridgehead atoms. The molecule has 1 saturated heterocycles. The number of nitrogens with zero attached hydrogens (tertiary/aromatic N) is 2. The van der Waals surface area contributed by atoms with Crippen LogP contribution in [0.2, 0.25) is 5.02 Å². The van der Waals surface area contributed by atoms with E-state index in [4.69, 9.17) is 11.6 Å². The Hall–Kier alpha value is -1.81. The molecule has 2 heterocycles. The third-order valence-corrected chi connectivity index (χ3v) is 4.17. The highest BCUT2D eigenvalue weighted by Gasteiger charge is 2.21. The van der Waals surface area contributed by atoms with Crippen molar-refractivity contribution in [2.75, 3.05) is 18.4 Å². The Bertz CT molecular complexity index is 674. The van der Waals surface area contributed by atoms with Gasteiger partial charge in [-0.15, -0.1) is 0 Å². The molecule has 1 aliphatic heterocycles. The summed E-state index contributed by atoms with van der Waals surface area (Å²) in [6, 6.07) is 7.93. The van der Waals surface area contributed by atoms with Gasteiger partial charge in [0.15, 0.2) is 0 Å². The van der Waals surface area contributed by atoms with Crippen molar-refractivity contribution in [1.82, 2.24) is 9.88 Å². The first-order valence-electron chi connectivity index (χ1n) is 7.20. The maximum absolute atomic E-state index is 11.5. The molecule has 1 N–H and O–H groups in total. The molecule has 1 aromatic carbocycles. The van der Waals surface area contributed by atoms with Crippen LogP contribution >= 0.6 is 11.6 Å². The van der Waals surface area contributed by atoms with Gasteiger partial charge < -0.3 is 10.2 Å². The molecule has 0 aliphatic carbocycles. The molecule has 0 saturated carbocycles. The average molecular weight is 304 g/mol. The van der Waals surface area contributed by atoms with Crippen LogP contribution in [-0.4, -0.2) is 34.9 Å². The third kappa shape index (κ3) is 3.10. The van der Waals surface area contributed by atoms with Crippen LogP contribution in [0.25, 0.3) is 10.9 Å². The molecule has 0 radical (unpaired) electrons. The van der Waals surface area contributed by atoms with Gasteiger partial charge in [-0.1, -0.05) is 11.6 Å². The molecule has 0 spiro atoms. The summed E-state index contributed by atoms with van der Waals surface area (Å²) in [6.07, 6.45) is 3.89. The first kappa shape index (κ1) is 14.1. The van der Waals surface area contributed by atoms with Crippen molar-refractivity contribution in [3.05, 3.63) is 35.5 Å². The van der Waals surface area contributed by atoms with Crippen LogP contribution < -0.4 is 5.32 Å². The van der Waals surface area contributed by atoms with E-state index in [0.29, 0.717) is 5.02 Å². The molecule has 2 aromatic rings. The minimum Gasteiger partial charge on any atom is -0.380 e. The van der Waals surface area contributed by atoms with Gasteiger partial charge in [0.2, 0.25) is 5.91 Å². The number of hydrogen-bond donors (Lipinski definition) is 1. The molecule has 1 aromatic heterocycles. The van der Waals surface area contributed by atoms with Gasteiger partial charge in [0.25, 0.3) is 0 Å². The number of piperidine rings is 1. The van der Waals surface area contributed by atoms with Crippen LogP contribution in [0.1, 0.15) is 19.8 Å². The Kier molecular flexibility index (Phi) is 3.97. The van der Waals surface area contributed by atoms with Gasteiger partial charge in [-0.3, -0.25) is 9.78 Å². The van der Waals surface area contributed by atoms with E-state index in [9.17, 15) is 4.79 Å². The van der Waals surface area contributed by atoms with Gasteiger partial charge in [-0.2, -0.15) is 0 Å². The zero-order valence-electron chi connectivity index (χ0n) is 12.0. The fourth-order valence-electron chi connectivity index (χ4n) is 2.85. The van der Waals surface area contributed by atoms with Crippen LogP contribution in [-0.2, 0) is 4.79 Å². The first-order chi connectivity index (χ1) is 10.1. The normalized spacial score (nSPS) is 18.8. The van der Waals surface area contributed by atoms with Crippen molar-refractivity contribution < 1.29 is 4.79 Å². The zero-order chi connectivity index (χ0) is 14.8. The summed E-state index contributed by atoms with van der Waals surface area (Å²) in [5.41, 5.74) is 1.95. The van der Waals surface area contributed by atoms with Crippen LogP contribution in [0, 0.1) is 0 Å². The molecule has 21 heavy (non-hydrogen) atoms. The van der Waals surface area contributed by atoms with Crippen molar-refractivity contribution >= 4 is 34.1 Å². The van der Waals surface area contributed by atoms with Crippen molar-refractivity contribution in [3.8, 4) is 0 Å². The average Bonchev–Trinajstić information content (AvgIpc) is 2.48. The molecule has 1 amide bonds. The van der Waals surface area contributed by atoms with Crippen LogP contribution in [0.4, 0.5) is 5.69 Å². The number of rotatable bonds is 2. The summed E-state index contributed by atoms with van der Waals surface area (Å²) in [7, 11) is 0. The van der Waals surface area contributed by atoms with E-state index in [1.54, 1.807) is 13.1 Å². The van der Waals surface area contributed by atoms with E-state index in [1.807, 2.05) is 29.2 Å². The van der Waals surface area contributed by atoms with Crippen LogP contribution in [0.3, 0.4) is 0 Å². The Morgan fingerprint density at radius 1 is 1.43 bits per heavy atom. The number of benzene rings is 1. The maximum Gasteiger partial charge on any atom is 0.219 e. The van der Waals surface area contributed by atoms with E-state index in [2.05, 4.69) is 10.3 Å². The van der Waals surface area contributed by atoms with Gasteiger partial charge in [0.05, 0.1) is 5.52 Å². The quantitative estimate of drug-likeness (QED) is 0.926. The highest BCUT2D eigenvalue weighted by molar-refractivity contribution is 6.31. The van der Waals surface area contributed by atoms with Gasteiger partial charge >= 0.3 is 0 Å². The lowest BCUT2D eigenvalue weighted by atomic mass is 10.0. The molecule has 1 atom stereocenters. The Morgan fingerprint density at radius 2 is 2.29 bits per heavy atom. The van der Waals surface area contributed by atoms with Gasteiger partial charge in [-0.25, -0.2) is 0 Å². The number of halogens is 1. The van der Waals surface area contributed by atoms with E-state index in [1.165, 1.54) is 0 Å². The molecule has 5 heteroatoms. The number of carbonyl (C=O) groups excluding carboxylic acids is 1.